The van der Waals surface area contributed by atoms with Crippen LogP contribution in [0.15, 0.2) is 36.5 Å². The van der Waals surface area contributed by atoms with Gasteiger partial charge in [0.2, 0.25) is 0 Å². The van der Waals surface area contributed by atoms with Gasteiger partial charge in [-0.15, -0.1) is 0 Å². The third kappa shape index (κ3) is 3.50. The van der Waals surface area contributed by atoms with Crippen LogP contribution in [0, 0.1) is 6.92 Å². The summed E-state index contributed by atoms with van der Waals surface area (Å²) in [6.45, 7) is 4.19. The summed E-state index contributed by atoms with van der Waals surface area (Å²) in [5.74, 6) is 0.745. The number of fused-ring (bicyclic) bond motifs is 3. The predicted octanol–water partition coefficient (Wildman–Crippen LogP) is 2.26. The first-order valence-corrected chi connectivity index (χ1v) is 9.00. The van der Waals surface area contributed by atoms with E-state index in [2.05, 4.69) is 10.1 Å². The molecule has 1 aliphatic rings. The number of nitrogens with zero attached hydrogens (tertiary/aromatic N) is 4. The molecular formula is C20H22N4O3. The fourth-order valence-electron chi connectivity index (χ4n) is 3.35. The van der Waals surface area contributed by atoms with Gasteiger partial charge >= 0.3 is 0 Å². The van der Waals surface area contributed by atoms with Crippen LogP contribution in [0.4, 0.5) is 0 Å². The van der Waals surface area contributed by atoms with Crippen molar-refractivity contribution in [3.8, 4) is 5.75 Å². The summed E-state index contributed by atoms with van der Waals surface area (Å²) < 4.78 is 12.4. The van der Waals surface area contributed by atoms with Gasteiger partial charge in [0.05, 0.1) is 18.0 Å². The zero-order chi connectivity index (χ0) is 18.8. The van der Waals surface area contributed by atoms with E-state index >= 15 is 0 Å². The maximum Gasteiger partial charge on any atom is 0.254 e. The van der Waals surface area contributed by atoms with Crippen molar-refractivity contribution in [1.82, 2.24) is 19.5 Å². The van der Waals surface area contributed by atoms with Gasteiger partial charge in [0.25, 0.3) is 5.91 Å². The Labute approximate surface area is 157 Å². The molecule has 1 aliphatic heterocycles. The molecule has 0 fully saturated rings. The molecule has 140 valence electrons. The molecule has 0 bridgehead atoms. The van der Waals surface area contributed by atoms with E-state index in [-0.39, 0.29) is 5.91 Å². The number of hydrogen-bond donors (Lipinski definition) is 0. The fourth-order valence-corrected chi connectivity index (χ4v) is 3.35. The summed E-state index contributed by atoms with van der Waals surface area (Å²) in [6.07, 6.45) is 2.62. The molecule has 0 atom stereocenters. The van der Waals surface area contributed by atoms with Crippen LogP contribution in [0.25, 0.3) is 5.65 Å². The number of aryl methyl sites for hydroxylation is 1. The highest BCUT2D eigenvalue weighted by Crippen LogP contribution is 2.22. The van der Waals surface area contributed by atoms with Crippen molar-refractivity contribution in [2.45, 2.75) is 19.9 Å². The van der Waals surface area contributed by atoms with Crippen molar-refractivity contribution in [2.24, 2.45) is 0 Å². The number of benzene rings is 1. The zero-order valence-corrected chi connectivity index (χ0v) is 15.5. The number of carbonyl (C=O) groups excluding carboxylic acids is 1. The molecule has 2 aromatic heterocycles. The maximum absolute atomic E-state index is 12.9. The molecule has 0 radical (unpaired) electrons. The van der Waals surface area contributed by atoms with Gasteiger partial charge in [-0.2, -0.15) is 5.10 Å². The first kappa shape index (κ1) is 17.5. The summed E-state index contributed by atoms with van der Waals surface area (Å²) >= 11 is 0. The van der Waals surface area contributed by atoms with E-state index in [1.165, 1.54) is 0 Å². The molecule has 0 saturated heterocycles. The molecule has 1 aromatic carbocycles. The van der Waals surface area contributed by atoms with Gasteiger partial charge in [-0.05, 0) is 31.2 Å². The molecule has 1 amide bonds. The van der Waals surface area contributed by atoms with E-state index in [1.54, 1.807) is 19.2 Å². The summed E-state index contributed by atoms with van der Waals surface area (Å²) in [6, 6.07) is 9.21. The molecule has 3 heterocycles. The Hall–Kier alpha value is -2.93. The summed E-state index contributed by atoms with van der Waals surface area (Å²) in [7, 11) is 1.63. The molecule has 0 unspecified atom stereocenters. The molecular weight excluding hydrogens is 344 g/mol. The lowest BCUT2D eigenvalue weighted by atomic mass is 10.1. The molecule has 0 aliphatic carbocycles. The van der Waals surface area contributed by atoms with E-state index in [1.807, 2.05) is 40.7 Å². The molecule has 0 N–H and O–H groups in total. The molecule has 7 heteroatoms. The summed E-state index contributed by atoms with van der Waals surface area (Å²) in [4.78, 5) is 19.2. The Bertz CT molecular complexity index is 965. The smallest absolute Gasteiger partial charge is 0.254 e. The largest absolute Gasteiger partial charge is 0.491 e. The minimum Gasteiger partial charge on any atom is -0.491 e. The Morgan fingerprint density at radius 2 is 2.04 bits per heavy atom. The summed E-state index contributed by atoms with van der Waals surface area (Å²) in [5.41, 5.74) is 4.64. The predicted molar refractivity (Wildman–Crippen MR) is 100.0 cm³/mol. The number of methoxy groups -OCH3 is 1. The number of aromatic nitrogens is 3. The highest BCUT2D eigenvalue weighted by molar-refractivity contribution is 5.94. The van der Waals surface area contributed by atoms with Crippen LogP contribution in [0.1, 0.15) is 27.3 Å². The van der Waals surface area contributed by atoms with E-state index in [4.69, 9.17) is 9.47 Å². The third-order valence-corrected chi connectivity index (χ3v) is 4.72. The second-order valence-corrected chi connectivity index (χ2v) is 6.63. The highest BCUT2D eigenvalue weighted by Gasteiger charge is 2.24. The van der Waals surface area contributed by atoms with Crippen molar-refractivity contribution in [3.05, 3.63) is 59.0 Å². The first-order chi connectivity index (χ1) is 13.2. The number of ether oxygens (including phenoxy) is 2. The monoisotopic (exact) mass is 366 g/mol. The molecule has 0 saturated carbocycles. The van der Waals surface area contributed by atoms with Gasteiger partial charge in [0.15, 0.2) is 5.65 Å². The van der Waals surface area contributed by atoms with Crippen LogP contribution in [0.3, 0.4) is 0 Å². The van der Waals surface area contributed by atoms with Gasteiger partial charge < -0.3 is 14.4 Å². The van der Waals surface area contributed by atoms with Crippen LogP contribution in [0.2, 0.25) is 0 Å². The highest BCUT2D eigenvalue weighted by atomic mass is 16.5. The Morgan fingerprint density at radius 1 is 1.22 bits per heavy atom. The van der Waals surface area contributed by atoms with Crippen molar-refractivity contribution < 1.29 is 14.3 Å². The molecule has 7 nitrogen and oxygen atoms in total. The normalized spacial score (nSPS) is 13.6. The van der Waals surface area contributed by atoms with Crippen molar-refractivity contribution >= 4 is 11.6 Å². The van der Waals surface area contributed by atoms with Gasteiger partial charge in [-0.3, -0.25) is 4.79 Å². The standard InChI is InChI=1S/C20H22N4O3/c1-14-11-19-21-12-16-13-23(8-7-18(16)24(19)22-14)20(25)15-3-5-17(6-4-15)27-10-9-26-2/h3-6,11-12H,7-10,13H2,1-2H3. The van der Waals surface area contributed by atoms with E-state index in [9.17, 15) is 4.79 Å². The Kier molecular flexibility index (Phi) is 4.77. The topological polar surface area (TPSA) is 69.0 Å². The molecule has 27 heavy (non-hydrogen) atoms. The molecule has 4 rings (SSSR count). The Balaban J connectivity index is 1.48. The van der Waals surface area contributed by atoms with Crippen LogP contribution >= 0.6 is 0 Å². The second-order valence-electron chi connectivity index (χ2n) is 6.63. The lowest BCUT2D eigenvalue weighted by Gasteiger charge is -2.28. The number of rotatable bonds is 5. The minimum atomic E-state index is 0.0147. The van der Waals surface area contributed by atoms with Crippen LogP contribution in [-0.4, -0.2) is 52.3 Å². The lowest BCUT2D eigenvalue weighted by Crippen LogP contribution is -2.37. The summed E-state index contributed by atoms with van der Waals surface area (Å²) in [5, 5.41) is 4.52. The molecule has 0 spiro atoms. The minimum absolute atomic E-state index is 0.0147. The van der Waals surface area contributed by atoms with Crippen molar-refractivity contribution in [3.63, 3.8) is 0 Å². The second kappa shape index (κ2) is 7.36. The quantitative estimate of drug-likeness (QED) is 0.648. The lowest BCUT2D eigenvalue weighted by molar-refractivity contribution is 0.0732. The number of amides is 1. The van der Waals surface area contributed by atoms with Crippen LogP contribution in [0.5, 0.6) is 5.75 Å². The molecule has 3 aromatic rings. The van der Waals surface area contributed by atoms with Gasteiger partial charge in [0.1, 0.15) is 12.4 Å². The van der Waals surface area contributed by atoms with Crippen LogP contribution in [-0.2, 0) is 17.7 Å². The van der Waals surface area contributed by atoms with E-state index in [0.717, 1.165) is 34.8 Å². The van der Waals surface area contributed by atoms with Gasteiger partial charge in [-0.25, -0.2) is 9.50 Å². The van der Waals surface area contributed by atoms with E-state index < -0.39 is 0 Å². The zero-order valence-electron chi connectivity index (χ0n) is 15.5. The SMILES string of the molecule is COCCOc1ccc(C(=O)N2CCc3c(cnc4cc(C)nn34)C2)cc1. The van der Waals surface area contributed by atoms with Crippen molar-refractivity contribution in [1.29, 1.82) is 0 Å². The first-order valence-electron chi connectivity index (χ1n) is 9.00. The fraction of sp³-hybridized carbons (Fsp3) is 0.350. The third-order valence-electron chi connectivity index (χ3n) is 4.72. The van der Waals surface area contributed by atoms with Gasteiger partial charge in [-0.1, -0.05) is 0 Å². The number of carbonyl (C=O) groups is 1. The van der Waals surface area contributed by atoms with Crippen molar-refractivity contribution in [2.75, 3.05) is 26.9 Å². The Morgan fingerprint density at radius 3 is 2.81 bits per heavy atom. The van der Waals surface area contributed by atoms with Crippen LogP contribution < -0.4 is 4.74 Å². The van der Waals surface area contributed by atoms with Gasteiger partial charge in [0, 0.05) is 50.0 Å². The number of hydrogen-bond acceptors (Lipinski definition) is 5. The average molecular weight is 366 g/mol. The van der Waals surface area contributed by atoms with E-state index in [0.29, 0.717) is 31.9 Å². The average Bonchev–Trinajstić information content (AvgIpc) is 3.08. The maximum atomic E-state index is 12.9.